The van der Waals surface area contributed by atoms with E-state index in [-0.39, 0.29) is 0 Å². The molecule has 0 atom stereocenters. The molecule has 19 heavy (non-hydrogen) atoms. The molecule has 100 valence electrons. The fourth-order valence-electron chi connectivity index (χ4n) is 1.75. The number of ether oxygens (including phenoxy) is 1. The summed E-state index contributed by atoms with van der Waals surface area (Å²) in [4.78, 5) is 0. The van der Waals surface area contributed by atoms with Crippen molar-refractivity contribution >= 4 is 39.1 Å². The van der Waals surface area contributed by atoms with Gasteiger partial charge in [-0.2, -0.15) is 0 Å². The number of alkyl halides is 1. The van der Waals surface area contributed by atoms with Crippen LogP contribution in [0.4, 0.5) is 0 Å². The largest absolute Gasteiger partial charge is 0.489 e. The number of hydrogen-bond donors (Lipinski definition) is 0. The van der Waals surface area contributed by atoms with Crippen molar-refractivity contribution in [1.82, 2.24) is 0 Å². The van der Waals surface area contributed by atoms with Crippen LogP contribution in [0.3, 0.4) is 0 Å². The Kier molecular flexibility index (Phi) is 5.14. The Hall–Kier alpha value is -0.700. The van der Waals surface area contributed by atoms with E-state index in [1.54, 1.807) is 0 Å². The van der Waals surface area contributed by atoms with Crippen molar-refractivity contribution in [1.29, 1.82) is 0 Å². The van der Waals surface area contributed by atoms with Crippen LogP contribution in [-0.2, 0) is 12.5 Å². The van der Waals surface area contributed by atoms with E-state index in [1.807, 2.05) is 43.3 Å². The van der Waals surface area contributed by atoms with Gasteiger partial charge < -0.3 is 4.74 Å². The smallest absolute Gasteiger partial charge is 0.124 e. The van der Waals surface area contributed by atoms with Gasteiger partial charge in [-0.15, -0.1) is 11.6 Å². The molecule has 0 N–H and O–H groups in total. The molecule has 0 saturated heterocycles. The molecule has 0 fully saturated rings. The fraction of sp³-hybridized carbons (Fsp3) is 0.200. The minimum absolute atomic E-state index is 0.430. The quantitative estimate of drug-likeness (QED) is 0.633. The molecule has 2 aromatic rings. The van der Waals surface area contributed by atoms with Gasteiger partial charge in [-0.3, -0.25) is 0 Å². The minimum Gasteiger partial charge on any atom is -0.489 e. The maximum atomic E-state index is 6.16. The van der Waals surface area contributed by atoms with E-state index in [4.69, 9.17) is 27.9 Å². The van der Waals surface area contributed by atoms with Gasteiger partial charge in [-0.25, -0.2) is 0 Å². The Morgan fingerprint density at radius 2 is 1.89 bits per heavy atom. The summed E-state index contributed by atoms with van der Waals surface area (Å²) in [6, 6.07) is 11.7. The summed E-state index contributed by atoms with van der Waals surface area (Å²) in [7, 11) is 0. The Bertz CT molecular complexity index is 584. The average molecular weight is 360 g/mol. The SMILES string of the molecule is Cc1ccc(OCc2ccc(Br)cc2Cl)c(CCl)c1. The molecule has 0 spiro atoms. The Morgan fingerprint density at radius 3 is 2.58 bits per heavy atom. The monoisotopic (exact) mass is 358 g/mol. The first-order valence-corrected chi connectivity index (χ1v) is 7.53. The molecule has 0 saturated carbocycles. The summed E-state index contributed by atoms with van der Waals surface area (Å²) < 4.78 is 6.76. The van der Waals surface area contributed by atoms with Crippen molar-refractivity contribution < 1.29 is 4.74 Å². The van der Waals surface area contributed by atoms with Crippen LogP contribution in [0.1, 0.15) is 16.7 Å². The molecule has 2 aromatic carbocycles. The van der Waals surface area contributed by atoms with Gasteiger partial charge in [0.25, 0.3) is 0 Å². The second kappa shape index (κ2) is 6.65. The third kappa shape index (κ3) is 3.88. The van der Waals surface area contributed by atoms with Crippen molar-refractivity contribution in [2.24, 2.45) is 0 Å². The van der Waals surface area contributed by atoms with Crippen LogP contribution in [0.5, 0.6) is 5.75 Å². The Labute approximate surface area is 131 Å². The molecule has 0 aliphatic heterocycles. The van der Waals surface area contributed by atoms with E-state index in [9.17, 15) is 0 Å². The summed E-state index contributed by atoms with van der Waals surface area (Å²) in [5, 5.41) is 0.689. The summed E-state index contributed by atoms with van der Waals surface area (Å²) in [5.74, 6) is 1.24. The second-order valence-electron chi connectivity index (χ2n) is 4.27. The highest BCUT2D eigenvalue weighted by Crippen LogP contribution is 2.26. The van der Waals surface area contributed by atoms with Crippen LogP contribution in [0, 0.1) is 6.92 Å². The van der Waals surface area contributed by atoms with Crippen molar-refractivity contribution in [3.05, 3.63) is 62.6 Å². The van der Waals surface area contributed by atoms with E-state index < -0.39 is 0 Å². The number of benzene rings is 2. The lowest BCUT2D eigenvalue weighted by atomic mass is 10.1. The van der Waals surface area contributed by atoms with Gasteiger partial charge in [0.1, 0.15) is 12.4 Å². The topological polar surface area (TPSA) is 9.23 Å². The fourth-order valence-corrected chi connectivity index (χ4v) is 2.68. The molecule has 0 bridgehead atoms. The van der Waals surface area contributed by atoms with Crippen molar-refractivity contribution in [3.63, 3.8) is 0 Å². The van der Waals surface area contributed by atoms with Crippen LogP contribution in [-0.4, -0.2) is 0 Å². The Morgan fingerprint density at radius 1 is 1.11 bits per heavy atom. The van der Waals surface area contributed by atoms with Gasteiger partial charge in [0.15, 0.2) is 0 Å². The predicted octanol–water partition coefficient (Wildman–Crippen LogP) is 5.73. The van der Waals surface area contributed by atoms with E-state index >= 15 is 0 Å². The second-order valence-corrected chi connectivity index (χ2v) is 5.86. The normalized spacial score (nSPS) is 10.5. The predicted molar refractivity (Wildman–Crippen MR) is 84.2 cm³/mol. The first-order chi connectivity index (χ1) is 9.10. The number of aryl methyl sites for hydroxylation is 1. The number of halogens is 3. The molecule has 1 nitrogen and oxygen atoms in total. The summed E-state index contributed by atoms with van der Waals surface area (Å²) in [6.45, 7) is 2.46. The minimum atomic E-state index is 0.430. The van der Waals surface area contributed by atoms with E-state index in [0.29, 0.717) is 17.5 Å². The van der Waals surface area contributed by atoms with Crippen LogP contribution in [0.25, 0.3) is 0 Å². The summed E-state index contributed by atoms with van der Waals surface area (Å²) in [5.41, 5.74) is 3.12. The van der Waals surface area contributed by atoms with E-state index in [0.717, 1.165) is 21.3 Å². The first kappa shape index (κ1) is 14.7. The Balaban J connectivity index is 2.14. The average Bonchev–Trinajstić information content (AvgIpc) is 2.39. The zero-order chi connectivity index (χ0) is 13.8. The van der Waals surface area contributed by atoms with Crippen molar-refractivity contribution in [2.75, 3.05) is 0 Å². The molecule has 2 rings (SSSR count). The number of rotatable bonds is 4. The molecule has 4 heteroatoms. The van der Waals surface area contributed by atoms with Gasteiger partial charge in [-0.05, 0) is 25.1 Å². The number of hydrogen-bond acceptors (Lipinski definition) is 1. The highest BCUT2D eigenvalue weighted by molar-refractivity contribution is 9.10. The van der Waals surface area contributed by atoms with Gasteiger partial charge in [0.05, 0.1) is 5.88 Å². The molecular weight excluding hydrogens is 347 g/mol. The van der Waals surface area contributed by atoms with Crippen LogP contribution < -0.4 is 4.74 Å². The summed E-state index contributed by atoms with van der Waals surface area (Å²) >= 11 is 15.5. The lowest BCUT2D eigenvalue weighted by Crippen LogP contribution is -1.99. The van der Waals surface area contributed by atoms with Crippen LogP contribution in [0.15, 0.2) is 40.9 Å². The van der Waals surface area contributed by atoms with Gasteiger partial charge >= 0.3 is 0 Å². The highest BCUT2D eigenvalue weighted by Gasteiger charge is 2.06. The zero-order valence-corrected chi connectivity index (χ0v) is 13.5. The third-order valence-corrected chi connectivity index (χ3v) is 3.89. The van der Waals surface area contributed by atoms with Crippen molar-refractivity contribution in [3.8, 4) is 5.75 Å². The summed E-state index contributed by atoms with van der Waals surface area (Å²) in [6.07, 6.45) is 0. The maximum Gasteiger partial charge on any atom is 0.124 e. The standard InChI is InChI=1S/C15H13BrCl2O/c1-10-2-5-15(12(6-10)8-17)19-9-11-3-4-13(16)7-14(11)18/h2-7H,8-9H2,1H3. The highest BCUT2D eigenvalue weighted by atomic mass is 79.9. The van der Waals surface area contributed by atoms with E-state index in [2.05, 4.69) is 15.9 Å². The zero-order valence-electron chi connectivity index (χ0n) is 10.4. The lowest BCUT2D eigenvalue weighted by Gasteiger charge is -2.12. The maximum absolute atomic E-state index is 6.16. The molecule has 0 aromatic heterocycles. The molecule has 0 aliphatic carbocycles. The molecule has 0 amide bonds. The molecule has 0 radical (unpaired) electrons. The van der Waals surface area contributed by atoms with Gasteiger partial charge in [-0.1, -0.05) is 51.3 Å². The van der Waals surface area contributed by atoms with Crippen LogP contribution in [0.2, 0.25) is 5.02 Å². The van der Waals surface area contributed by atoms with Gasteiger partial charge in [0, 0.05) is 20.6 Å². The lowest BCUT2D eigenvalue weighted by molar-refractivity contribution is 0.304. The molecular formula is C15H13BrCl2O. The molecule has 0 aliphatic rings. The first-order valence-electron chi connectivity index (χ1n) is 5.82. The van der Waals surface area contributed by atoms with E-state index in [1.165, 1.54) is 5.56 Å². The van der Waals surface area contributed by atoms with Crippen molar-refractivity contribution in [2.45, 2.75) is 19.4 Å². The van der Waals surface area contributed by atoms with Crippen LogP contribution >= 0.6 is 39.1 Å². The molecule has 0 heterocycles. The molecule has 0 unspecified atom stereocenters. The third-order valence-electron chi connectivity index (χ3n) is 2.76. The van der Waals surface area contributed by atoms with Gasteiger partial charge in [0.2, 0.25) is 0 Å².